The number of carboxylic acids is 2. The van der Waals surface area contributed by atoms with Crippen molar-refractivity contribution < 1.29 is 34.2 Å². The van der Waals surface area contributed by atoms with Crippen LogP contribution in [0.5, 0.6) is 0 Å². The molecule has 2 heterocycles. The van der Waals surface area contributed by atoms with E-state index < -0.39 is 54.3 Å². The minimum absolute atomic E-state index is 0.0472. The quantitative estimate of drug-likeness (QED) is 0.246. The van der Waals surface area contributed by atoms with E-state index in [0.29, 0.717) is 19.4 Å². The van der Waals surface area contributed by atoms with E-state index in [4.69, 9.17) is 10.8 Å². The molecule has 1 aromatic heterocycles. The summed E-state index contributed by atoms with van der Waals surface area (Å²) in [5.41, 5.74) is 7.38. The third kappa shape index (κ3) is 6.57. The lowest BCUT2D eigenvalue weighted by atomic mass is 10.0. The number of nitrogens with one attached hydrogen (secondary N) is 3. The fourth-order valence-corrected chi connectivity index (χ4v) is 4.17. The van der Waals surface area contributed by atoms with Crippen molar-refractivity contribution in [1.29, 1.82) is 0 Å². The van der Waals surface area contributed by atoms with Crippen LogP contribution in [0.25, 0.3) is 10.9 Å². The number of nitrogens with zero attached hydrogens (tertiary/aromatic N) is 1. The van der Waals surface area contributed by atoms with E-state index in [1.54, 1.807) is 6.20 Å². The van der Waals surface area contributed by atoms with E-state index in [2.05, 4.69) is 15.6 Å². The van der Waals surface area contributed by atoms with Gasteiger partial charge in [-0.25, -0.2) is 4.79 Å². The highest BCUT2D eigenvalue weighted by molar-refractivity contribution is 5.93. The van der Waals surface area contributed by atoms with Gasteiger partial charge in [0.25, 0.3) is 0 Å². The van der Waals surface area contributed by atoms with Crippen molar-refractivity contribution in [3.8, 4) is 0 Å². The molecule has 1 aromatic carbocycles. The number of H-pyrrole nitrogens is 1. The number of rotatable bonds is 11. The molecule has 3 amide bonds. The number of likely N-dealkylation sites (tertiary alicyclic amines) is 1. The molecule has 0 spiro atoms. The van der Waals surface area contributed by atoms with Crippen LogP contribution < -0.4 is 16.4 Å². The Morgan fingerprint density at radius 2 is 1.91 bits per heavy atom. The second-order valence-corrected chi connectivity index (χ2v) is 8.47. The Labute approximate surface area is 200 Å². The summed E-state index contributed by atoms with van der Waals surface area (Å²) in [5, 5.41) is 24.1. The molecule has 188 valence electrons. The lowest BCUT2D eigenvalue weighted by Crippen LogP contribution is -2.53. The summed E-state index contributed by atoms with van der Waals surface area (Å²) in [5.74, 6) is -4.03. The summed E-state index contributed by atoms with van der Waals surface area (Å²) in [7, 11) is 0. The summed E-state index contributed by atoms with van der Waals surface area (Å²) >= 11 is 0. The zero-order chi connectivity index (χ0) is 25.5. The summed E-state index contributed by atoms with van der Waals surface area (Å²) in [6.45, 7) is -0.157. The maximum atomic E-state index is 12.6. The lowest BCUT2D eigenvalue weighted by molar-refractivity contribution is -0.142. The highest BCUT2D eigenvalue weighted by Gasteiger charge is 2.36. The molecule has 1 aliphatic heterocycles. The van der Waals surface area contributed by atoms with Gasteiger partial charge >= 0.3 is 11.9 Å². The minimum atomic E-state index is -1.21. The molecule has 35 heavy (non-hydrogen) atoms. The SMILES string of the molecule is NC(CCC(=O)O)C(=O)N1CCCC1C(=O)NCC(=O)NC(Cc1c[nH]c2ccccc12)C(=O)O. The molecule has 0 saturated carbocycles. The Morgan fingerprint density at radius 3 is 2.63 bits per heavy atom. The van der Waals surface area contributed by atoms with E-state index in [9.17, 15) is 29.1 Å². The zero-order valence-corrected chi connectivity index (χ0v) is 19.0. The molecule has 2 aromatic rings. The molecule has 7 N–H and O–H groups in total. The first-order chi connectivity index (χ1) is 16.7. The molecular formula is C23H29N5O7. The maximum Gasteiger partial charge on any atom is 0.326 e. The number of benzene rings is 1. The highest BCUT2D eigenvalue weighted by atomic mass is 16.4. The summed E-state index contributed by atoms with van der Waals surface area (Å²) < 4.78 is 0. The fraction of sp³-hybridized carbons (Fsp3) is 0.435. The van der Waals surface area contributed by atoms with Crippen LogP contribution in [0.15, 0.2) is 30.5 Å². The molecular weight excluding hydrogens is 458 g/mol. The van der Waals surface area contributed by atoms with Gasteiger partial charge in [-0.2, -0.15) is 0 Å². The number of nitrogens with two attached hydrogens (primary N) is 1. The predicted molar refractivity (Wildman–Crippen MR) is 124 cm³/mol. The van der Waals surface area contributed by atoms with Crippen LogP contribution in [0.3, 0.4) is 0 Å². The Kier molecular flexibility index (Phi) is 8.42. The normalized spacial score (nSPS) is 17.1. The van der Waals surface area contributed by atoms with Crippen LogP contribution in [-0.2, 0) is 30.4 Å². The minimum Gasteiger partial charge on any atom is -0.481 e. The fourth-order valence-electron chi connectivity index (χ4n) is 4.17. The largest absolute Gasteiger partial charge is 0.481 e. The molecule has 1 fully saturated rings. The van der Waals surface area contributed by atoms with Crippen LogP contribution in [0.4, 0.5) is 0 Å². The molecule has 1 aliphatic rings. The van der Waals surface area contributed by atoms with Crippen LogP contribution in [0, 0.1) is 0 Å². The number of fused-ring (bicyclic) bond motifs is 1. The highest BCUT2D eigenvalue weighted by Crippen LogP contribution is 2.20. The summed E-state index contributed by atoms with van der Waals surface area (Å²) in [4.78, 5) is 64.4. The number of aromatic amines is 1. The van der Waals surface area contributed by atoms with Crippen molar-refractivity contribution in [1.82, 2.24) is 20.5 Å². The maximum absolute atomic E-state index is 12.6. The van der Waals surface area contributed by atoms with E-state index >= 15 is 0 Å². The first-order valence-electron chi connectivity index (χ1n) is 11.3. The van der Waals surface area contributed by atoms with Gasteiger partial charge in [0, 0.05) is 36.5 Å². The molecule has 0 bridgehead atoms. The van der Waals surface area contributed by atoms with E-state index in [1.165, 1.54) is 4.90 Å². The number of aromatic nitrogens is 1. The van der Waals surface area contributed by atoms with Crippen LogP contribution in [-0.4, -0.2) is 81.0 Å². The van der Waals surface area contributed by atoms with Gasteiger partial charge < -0.3 is 36.5 Å². The van der Waals surface area contributed by atoms with Crippen LogP contribution in [0.1, 0.15) is 31.2 Å². The second kappa shape index (κ2) is 11.5. The van der Waals surface area contributed by atoms with Crippen LogP contribution >= 0.6 is 0 Å². The Bertz CT molecular complexity index is 1110. The number of hydrogen-bond donors (Lipinski definition) is 6. The number of hydrogen-bond acceptors (Lipinski definition) is 6. The standard InChI is InChI=1S/C23H29N5O7/c24-15(7-8-20(30)31)22(33)28-9-3-6-18(28)21(32)26-12-19(29)27-17(23(34)35)10-13-11-25-16-5-2-1-4-14(13)16/h1-2,4-5,11,15,17-18,25H,3,6-10,12,24H2,(H,26,32)(H,27,29)(H,30,31)(H,34,35). The monoisotopic (exact) mass is 487 g/mol. The van der Waals surface area contributed by atoms with Gasteiger partial charge in [-0.15, -0.1) is 0 Å². The third-order valence-corrected chi connectivity index (χ3v) is 5.98. The Balaban J connectivity index is 1.53. The average molecular weight is 488 g/mol. The zero-order valence-electron chi connectivity index (χ0n) is 19.0. The number of carboxylic acid groups (broad SMARTS) is 2. The number of carbonyl (C=O) groups excluding carboxylic acids is 3. The van der Waals surface area contributed by atoms with E-state index in [0.717, 1.165) is 16.5 Å². The number of carbonyl (C=O) groups is 5. The smallest absolute Gasteiger partial charge is 0.326 e. The van der Waals surface area contributed by atoms with Crippen molar-refractivity contribution in [2.75, 3.05) is 13.1 Å². The van der Waals surface area contributed by atoms with Crippen molar-refractivity contribution >= 4 is 40.6 Å². The first-order valence-corrected chi connectivity index (χ1v) is 11.3. The van der Waals surface area contributed by atoms with Crippen LogP contribution in [0.2, 0.25) is 0 Å². The lowest BCUT2D eigenvalue weighted by Gasteiger charge is -2.26. The number of para-hydroxylation sites is 1. The van der Waals surface area contributed by atoms with Gasteiger partial charge in [0.05, 0.1) is 12.6 Å². The van der Waals surface area contributed by atoms with E-state index in [1.807, 2.05) is 24.3 Å². The summed E-state index contributed by atoms with van der Waals surface area (Å²) in [6.07, 6.45) is 2.38. The van der Waals surface area contributed by atoms with Crippen molar-refractivity contribution in [2.24, 2.45) is 5.73 Å². The molecule has 1 saturated heterocycles. The van der Waals surface area contributed by atoms with Gasteiger partial charge in [0.1, 0.15) is 12.1 Å². The van der Waals surface area contributed by atoms with Crippen molar-refractivity contribution in [2.45, 2.75) is 50.2 Å². The topological polar surface area (TPSA) is 195 Å². The van der Waals surface area contributed by atoms with Gasteiger partial charge in [-0.05, 0) is 30.9 Å². The molecule has 12 heteroatoms. The summed E-state index contributed by atoms with van der Waals surface area (Å²) in [6, 6.07) is 4.33. The van der Waals surface area contributed by atoms with Crippen molar-refractivity contribution in [3.05, 3.63) is 36.0 Å². The first kappa shape index (κ1) is 25.7. The number of amides is 3. The predicted octanol–water partition coefficient (Wildman–Crippen LogP) is -0.421. The average Bonchev–Trinajstić information content (AvgIpc) is 3.47. The van der Waals surface area contributed by atoms with Gasteiger partial charge in [0.2, 0.25) is 17.7 Å². The Morgan fingerprint density at radius 1 is 1.17 bits per heavy atom. The van der Waals surface area contributed by atoms with Crippen molar-refractivity contribution in [3.63, 3.8) is 0 Å². The van der Waals surface area contributed by atoms with E-state index in [-0.39, 0.29) is 19.3 Å². The molecule has 12 nitrogen and oxygen atoms in total. The number of aliphatic carboxylic acids is 2. The molecule has 0 radical (unpaired) electrons. The molecule has 0 aliphatic carbocycles. The van der Waals surface area contributed by atoms with Gasteiger partial charge in [-0.1, -0.05) is 18.2 Å². The van der Waals surface area contributed by atoms with Gasteiger partial charge in [0.15, 0.2) is 0 Å². The second-order valence-electron chi connectivity index (χ2n) is 8.47. The van der Waals surface area contributed by atoms with Gasteiger partial charge in [-0.3, -0.25) is 19.2 Å². The third-order valence-electron chi connectivity index (χ3n) is 5.98. The molecule has 3 atom stereocenters. The Hall–Kier alpha value is -3.93. The molecule has 3 rings (SSSR count). The molecule has 3 unspecified atom stereocenters.